The number of hydrogen-bond acceptors (Lipinski definition) is 3. The van der Waals surface area contributed by atoms with Crippen LogP contribution in [0.3, 0.4) is 0 Å². The van der Waals surface area contributed by atoms with Gasteiger partial charge in [0.1, 0.15) is 0 Å². The van der Waals surface area contributed by atoms with E-state index in [-0.39, 0.29) is 0 Å². The van der Waals surface area contributed by atoms with Crippen molar-refractivity contribution in [1.29, 1.82) is 0 Å². The Morgan fingerprint density at radius 2 is 2.00 bits per heavy atom. The number of piperidine rings is 1. The minimum absolute atomic E-state index is 0.412. The highest BCUT2D eigenvalue weighted by atomic mass is 16.5. The highest BCUT2D eigenvalue weighted by Crippen LogP contribution is 2.20. The number of unbranched alkanes of at least 4 members (excludes halogenated alkanes) is 4. The van der Waals surface area contributed by atoms with Crippen LogP contribution in [0.4, 0.5) is 0 Å². The van der Waals surface area contributed by atoms with E-state index >= 15 is 0 Å². The van der Waals surface area contributed by atoms with Gasteiger partial charge in [-0.05, 0) is 50.3 Å². The lowest BCUT2D eigenvalue weighted by Gasteiger charge is -2.32. The number of ether oxygens (including phenoxy) is 1. The fourth-order valence-electron chi connectivity index (χ4n) is 2.83. The molecule has 3 heteroatoms. The minimum atomic E-state index is 0.412. The van der Waals surface area contributed by atoms with Crippen molar-refractivity contribution in [3.63, 3.8) is 0 Å². The van der Waals surface area contributed by atoms with Gasteiger partial charge in [0.2, 0.25) is 0 Å². The topological polar surface area (TPSA) is 33.3 Å². The largest absolute Gasteiger partial charge is 0.385 e. The van der Waals surface area contributed by atoms with Crippen LogP contribution in [0.15, 0.2) is 23.4 Å². The number of hydrogen-bond donors (Lipinski definition) is 2. The molecule has 0 saturated carbocycles. The molecule has 0 aromatic carbocycles. The lowest BCUT2D eigenvalue weighted by atomic mass is 9.98. The standard InChI is InChI=1S/C16H28N2O/c1-19-13-6-4-2-3-5-9-15-11-10-14-8-7-12-17-16(14)18-15/h10-11,16-18H,2-9,12-13H2,1H3. The summed E-state index contributed by atoms with van der Waals surface area (Å²) in [6.07, 6.45) is 15.2. The average Bonchev–Trinajstić information content (AvgIpc) is 2.46. The molecule has 2 aliphatic heterocycles. The molecule has 1 unspecified atom stereocenters. The Balaban J connectivity index is 1.59. The SMILES string of the molecule is COCCCCCCCC1=CC=C2CCCNC2N1. The second-order valence-corrected chi connectivity index (χ2v) is 5.58. The Morgan fingerprint density at radius 1 is 1.16 bits per heavy atom. The third-order valence-electron chi connectivity index (χ3n) is 3.98. The summed E-state index contributed by atoms with van der Waals surface area (Å²) in [6, 6.07) is 0. The molecule has 0 radical (unpaired) electrons. The van der Waals surface area contributed by atoms with Crippen LogP contribution in [0, 0.1) is 0 Å². The van der Waals surface area contributed by atoms with Crippen LogP contribution in [0.5, 0.6) is 0 Å². The van der Waals surface area contributed by atoms with Crippen LogP contribution in [0.2, 0.25) is 0 Å². The van der Waals surface area contributed by atoms with Crippen LogP contribution in [0.1, 0.15) is 51.4 Å². The van der Waals surface area contributed by atoms with Crippen LogP contribution in [0.25, 0.3) is 0 Å². The lowest BCUT2D eigenvalue weighted by molar-refractivity contribution is 0.192. The van der Waals surface area contributed by atoms with Crippen molar-refractivity contribution >= 4 is 0 Å². The van der Waals surface area contributed by atoms with Gasteiger partial charge in [0.15, 0.2) is 0 Å². The van der Waals surface area contributed by atoms with Gasteiger partial charge in [0, 0.05) is 19.4 Å². The maximum absolute atomic E-state index is 5.06. The fraction of sp³-hybridized carbons (Fsp3) is 0.750. The van der Waals surface area contributed by atoms with E-state index in [4.69, 9.17) is 4.74 Å². The molecule has 0 aliphatic carbocycles. The zero-order valence-electron chi connectivity index (χ0n) is 12.2. The molecule has 19 heavy (non-hydrogen) atoms. The van der Waals surface area contributed by atoms with Gasteiger partial charge in [0.25, 0.3) is 0 Å². The van der Waals surface area contributed by atoms with Crippen molar-refractivity contribution in [2.45, 2.75) is 57.5 Å². The molecule has 0 aromatic rings. The quantitative estimate of drug-likeness (QED) is 0.661. The van der Waals surface area contributed by atoms with Crippen molar-refractivity contribution in [3.05, 3.63) is 23.4 Å². The predicted molar refractivity (Wildman–Crippen MR) is 79.9 cm³/mol. The maximum Gasteiger partial charge on any atom is 0.0991 e. The predicted octanol–water partition coefficient (Wildman–Crippen LogP) is 3.10. The minimum Gasteiger partial charge on any atom is -0.385 e. The smallest absolute Gasteiger partial charge is 0.0991 e. The Bertz CT molecular complexity index is 323. The number of allylic oxidation sites excluding steroid dienone is 3. The van der Waals surface area contributed by atoms with E-state index < -0.39 is 0 Å². The molecule has 108 valence electrons. The molecule has 2 N–H and O–H groups in total. The van der Waals surface area contributed by atoms with Gasteiger partial charge < -0.3 is 10.1 Å². The second kappa shape index (κ2) is 8.39. The van der Waals surface area contributed by atoms with Crippen molar-refractivity contribution < 1.29 is 4.74 Å². The molecule has 2 aliphatic rings. The summed E-state index contributed by atoms with van der Waals surface area (Å²) in [4.78, 5) is 0. The lowest BCUT2D eigenvalue weighted by Crippen LogP contribution is -2.47. The second-order valence-electron chi connectivity index (χ2n) is 5.58. The Hall–Kier alpha value is -0.800. The summed E-state index contributed by atoms with van der Waals surface area (Å²) in [5.74, 6) is 0. The number of nitrogens with one attached hydrogen (secondary N) is 2. The number of dihydropyridines is 1. The van der Waals surface area contributed by atoms with Gasteiger partial charge in [-0.2, -0.15) is 0 Å². The molecule has 0 spiro atoms. The first kappa shape index (κ1) is 14.6. The van der Waals surface area contributed by atoms with E-state index in [1.54, 1.807) is 7.11 Å². The molecular weight excluding hydrogens is 236 g/mol. The highest BCUT2D eigenvalue weighted by Gasteiger charge is 2.20. The van der Waals surface area contributed by atoms with Crippen LogP contribution >= 0.6 is 0 Å². The number of methoxy groups -OCH3 is 1. The van der Waals surface area contributed by atoms with Gasteiger partial charge in [-0.15, -0.1) is 0 Å². The van der Waals surface area contributed by atoms with Gasteiger partial charge in [-0.3, -0.25) is 5.32 Å². The van der Waals surface area contributed by atoms with Gasteiger partial charge >= 0.3 is 0 Å². The monoisotopic (exact) mass is 264 g/mol. The van der Waals surface area contributed by atoms with E-state index in [1.165, 1.54) is 62.6 Å². The first-order chi connectivity index (χ1) is 9.40. The zero-order chi connectivity index (χ0) is 13.3. The molecule has 1 saturated heterocycles. The van der Waals surface area contributed by atoms with E-state index in [0.717, 1.165) is 13.2 Å². The maximum atomic E-state index is 5.06. The Labute approximate surface area is 117 Å². The normalized spacial score (nSPS) is 22.3. The summed E-state index contributed by atoms with van der Waals surface area (Å²) in [5, 5.41) is 7.17. The van der Waals surface area contributed by atoms with Crippen LogP contribution < -0.4 is 10.6 Å². The Morgan fingerprint density at radius 3 is 2.89 bits per heavy atom. The van der Waals surface area contributed by atoms with E-state index in [0.29, 0.717) is 6.17 Å². The summed E-state index contributed by atoms with van der Waals surface area (Å²) < 4.78 is 5.06. The molecule has 0 amide bonds. The Kier molecular flexibility index (Phi) is 6.45. The molecular formula is C16H28N2O. The molecule has 2 rings (SSSR count). The number of fused-ring (bicyclic) bond motifs is 1. The third kappa shape index (κ3) is 5.00. The van der Waals surface area contributed by atoms with Gasteiger partial charge in [0.05, 0.1) is 6.17 Å². The third-order valence-corrected chi connectivity index (χ3v) is 3.98. The van der Waals surface area contributed by atoms with Gasteiger partial charge in [-0.1, -0.05) is 25.3 Å². The zero-order valence-corrected chi connectivity index (χ0v) is 12.2. The summed E-state index contributed by atoms with van der Waals surface area (Å²) >= 11 is 0. The molecule has 2 heterocycles. The fourth-order valence-corrected chi connectivity index (χ4v) is 2.83. The van der Waals surface area contributed by atoms with Gasteiger partial charge in [-0.25, -0.2) is 0 Å². The molecule has 0 aromatic heterocycles. The summed E-state index contributed by atoms with van der Waals surface area (Å²) in [7, 11) is 1.78. The van der Waals surface area contributed by atoms with Crippen molar-refractivity contribution in [2.24, 2.45) is 0 Å². The first-order valence-corrected chi connectivity index (χ1v) is 7.78. The van der Waals surface area contributed by atoms with E-state index in [1.807, 2.05) is 0 Å². The summed E-state index contributed by atoms with van der Waals surface area (Å²) in [6.45, 7) is 2.05. The summed E-state index contributed by atoms with van der Waals surface area (Å²) in [5.41, 5.74) is 2.93. The van der Waals surface area contributed by atoms with E-state index in [2.05, 4.69) is 22.8 Å². The van der Waals surface area contributed by atoms with Crippen molar-refractivity contribution in [1.82, 2.24) is 10.6 Å². The van der Waals surface area contributed by atoms with Crippen LogP contribution in [-0.2, 0) is 4.74 Å². The van der Waals surface area contributed by atoms with E-state index in [9.17, 15) is 0 Å². The number of rotatable bonds is 8. The molecule has 0 bridgehead atoms. The van der Waals surface area contributed by atoms with Crippen LogP contribution in [-0.4, -0.2) is 26.4 Å². The molecule has 1 atom stereocenters. The highest BCUT2D eigenvalue weighted by molar-refractivity contribution is 5.28. The van der Waals surface area contributed by atoms with Crippen molar-refractivity contribution in [2.75, 3.05) is 20.3 Å². The van der Waals surface area contributed by atoms with Crippen molar-refractivity contribution in [3.8, 4) is 0 Å². The molecule has 3 nitrogen and oxygen atoms in total. The average molecular weight is 264 g/mol. The molecule has 1 fully saturated rings. The first-order valence-electron chi connectivity index (χ1n) is 7.78.